The molecule has 0 radical (unpaired) electrons. The van der Waals surface area contributed by atoms with Gasteiger partial charge in [0.1, 0.15) is 16.3 Å². The third kappa shape index (κ3) is 3.30. The van der Waals surface area contributed by atoms with Crippen molar-refractivity contribution in [1.82, 2.24) is 14.7 Å². The highest BCUT2D eigenvalue weighted by atomic mass is 35.5. The normalized spacial score (nSPS) is 11.1. The third-order valence-corrected chi connectivity index (χ3v) is 5.89. The summed E-state index contributed by atoms with van der Waals surface area (Å²) in [6.45, 7) is 0.320. The smallest absolute Gasteiger partial charge is 0.265 e. The molecule has 0 atom stereocenters. The van der Waals surface area contributed by atoms with Crippen LogP contribution in [0.25, 0.3) is 16.6 Å². The number of nitrogens with zero attached hydrogens (tertiary/aromatic N) is 1. The van der Waals surface area contributed by atoms with Crippen LogP contribution in [0.3, 0.4) is 0 Å². The summed E-state index contributed by atoms with van der Waals surface area (Å²) in [7, 11) is 1.59. The van der Waals surface area contributed by atoms with Crippen LogP contribution in [-0.4, -0.2) is 22.4 Å². The number of amides is 1. The molecule has 6 nitrogen and oxygen atoms in total. The van der Waals surface area contributed by atoms with E-state index in [0.29, 0.717) is 42.7 Å². The molecule has 0 aliphatic heterocycles. The summed E-state index contributed by atoms with van der Waals surface area (Å²) in [5.74, 6) is 0.400. The van der Waals surface area contributed by atoms with Gasteiger partial charge in [-0.2, -0.15) is 0 Å². The number of nitrogens with one attached hydrogen (secondary N) is 2. The van der Waals surface area contributed by atoms with E-state index in [1.165, 1.54) is 0 Å². The van der Waals surface area contributed by atoms with Crippen molar-refractivity contribution in [1.29, 1.82) is 0 Å². The van der Waals surface area contributed by atoms with E-state index in [0.717, 1.165) is 16.9 Å². The summed E-state index contributed by atoms with van der Waals surface area (Å²) < 4.78 is 7.34. The van der Waals surface area contributed by atoms with Crippen molar-refractivity contribution in [3.8, 4) is 5.75 Å². The SMILES string of the molecule is COc1cccc(CNC(=O)c2sc(=S)n3c2[nH]c(=O)c2cc(Cl)ccc23)c1. The number of hydrogen-bond acceptors (Lipinski definition) is 5. The van der Waals surface area contributed by atoms with Crippen LogP contribution in [0, 0.1) is 3.95 Å². The van der Waals surface area contributed by atoms with Gasteiger partial charge in [0.2, 0.25) is 0 Å². The first-order chi connectivity index (χ1) is 13.5. The van der Waals surface area contributed by atoms with Crippen LogP contribution in [0.15, 0.2) is 47.3 Å². The number of carbonyl (C=O) groups excluding carboxylic acids is 1. The van der Waals surface area contributed by atoms with Crippen LogP contribution >= 0.6 is 35.2 Å². The number of H-pyrrole nitrogens is 1. The van der Waals surface area contributed by atoms with E-state index in [4.69, 9.17) is 28.6 Å². The summed E-state index contributed by atoms with van der Waals surface area (Å²) in [6, 6.07) is 12.4. The van der Waals surface area contributed by atoms with Crippen molar-refractivity contribution < 1.29 is 9.53 Å². The second-order valence-corrected chi connectivity index (χ2v) is 8.11. The Hall–Kier alpha value is -2.68. The maximum atomic E-state index is 12.8. The first-order valence-electron chi connectivity index (χ1n) is 8.26. The number of carbonyl (C=O) groups is 1. The van der Waals surface area contributed by atoms with Crippen molar-refractivity contribution in [2.24, 2.45) is 0 Å². The molecule has 0 saturated heterocycles. The number of rotatable bonds is 4. The average Bonchev–Trinajstić information content (AvgIpc) is 3.03. The van der Waals surface area contributed by atoms with Gasteiger partial charge in [0, 0.05) is 11.6 Å². The van der Waals surface area contributed by atoms with Crippen LogP contribution in [-0.2, 0) is 6.54 Å². The molecule has 2 aromatic carbocycles. The topological polar surface area (TPSA) is 75.6 Å². The van der Waals surface area contributed by atoms with Crippen molar-refractivity contribution in [2.75, 3.05) is 7.11 Å². The summed E-state index contributed by atoms with van der Waals surface area (Å²) in [4.78, 5) is 28.4. The molecule has 2 aromatic heterocycles. The van der Waals surface area contributed by atoms with Crippen molar-refractivity contribution in [3.05, 3.63) is 72.2 Å². The summed E-state index contributed by atoms with van der Waals surface area (Å²) in [6.07, 6.45) is 0. The van der Waals surface area contributed by atoms with Gasteiger partial charge >= 0.3 is 0 Å². The van der Waals surface area contributed by atoms with E-state index in [1.54, 1.807) is 29.7 Å². The second kappa shape index (κ2) is 7.38. The van der Waals surface area contributed by atoms with Gasteiger partial charge in [-0.05, 0) is 48.1 Å². The molecular formula is C19H14ClN3O3S2. The predicted molar refractivity (Wildman–Crippen MR) is 113 cm³/mol. The standard InChI is InChI=1S/C19H14ClN3O3S2/c1-26-12-4-2-3-10(7-12)9-21-18(25)15-16-22-17(24)13-8-11(20)5-6-14(13)23(16)19(27)28-15/h2-8H,9H2,1H3,(H,21,25)(H,22,24). The Kier molecular flexibility index (Phi) is 4.92. The van der Waals surface area contributed by atoms with E-state index in [2.05, 4.69) is 10.3 Å². The molecule has 0 bridgehead atoms. The van der Waals surface area contributed by atoms with Crippen LogP contribution in [0.2, 0.25) is 5.02 Å². The van der Waals surface area contributed by atoms with E-state index < -0.39 is 0 Å². The molecule has 2 N–H and O–H groups in total. The molecule has 142 valence electrons. The number of ether oxygens (including phenoxy) is 1. The van der Waals surface area contributed by atoms with E-state index in [-0.39, 0.29) is 11.5 Å². The quantitative estimate of drug-likeness (QED) is 0.476. The zero-order chi connectivity index (χ0) is 19.8. The third-order valence-electron chi connectivity index (χ3n) is 4.28. The number of fused-ring (bicyclic) bond motifs is 3. The fourth-order valence-electron chi connectivity index (χ4n) is 2.96. The summed E-state index contributed by atoms with van der Waals surface area (Å²) in [5.41, 5.74) is 1.55. The minimum absolute atomic E-state index is 0.314. The lowest BCUT2D eigenvalue weighted by molar-refractivity contribution is 0.0956. The van der Waals surface area contributed by atoms with E-state index >= 15 is 0 Å². The molecule has 4 aromatic rings. The molecule has 4 rings (SSSR count). The van der Waals surface area contributed by atoms with Crippen LogP contribution in [0.5, 0.6) is 5.75 Å². The van der Waals surface area contributed by atoms with Gasteiger partial charge in [-0.25, -0.2) is 0 Å². The Morgan fingerprint density at radius 3 is 2.93 bits per heavy atom. The minimum Gasteiger partial charge on any atom is -0.497 e. The van der Waals surface area contributed by atoms with Crippen molar-refractivity contribution in [2.45, 2.75) is 6.54 Å². The van der Waals surface area contributed by atoms with Gasteiger partial charge in [0.25, 0.3) is 11.5 Å². The molecular weight excluding hydrogens is 418 g/mol. The fraction of sp³-hybridized carbons (Fsp3) is 0.105. The largest absolute Gasteiger partial charge is 0.497 e. The van der Waals surface area contributed by atoms with Crippen molar-refractivity contribution >= 4 is 57.6 Å². The molecule has 0 saturated carbocycles. The van der Waals surface area contributed by atoms with Gasteiger partial charge in [0.05, 0.1) is 18.0 Å². The highest BCUT2D eigenvalue weighted by molar-refractivity contribution is 7.73. The molecule has 0 spiro atoms. The molecule has 2 heterocycles. The maximum absolute atomic E-state index is 12.8. The summed E-state index contributed by atoms with van der Waals surface area (Å²) >= 11 is 12.6. The van der Waals surface area contributed by atoms with Crippen LogP contribution in [0.1, 0.15) is 15.2 Å². The molecule has 28 heavy (non-hydrogen) atoms. The first kappa shape index (κ1) is 18.7. The first-order valence-corrected chi connectivity index (χ1v) is 9.86. The molecule has 0 aliphatic rings. The lowest BCUT2D eigenvalue weighted by Gasteiger charge is -2.07. The number of halogens is 1. The Balaban J connectivity index is 1.73. The highest BCUT2D eigenvalue weighted by Gasteiger charge is 2.18. The Labute approximate surface area is 173 Å². The second-order valence-electron chi connectivity index (χ2n) is 6.03. The minimum atomic E-state index is -0.327. The molecule has 1 amide bonds. The van der Waals surface area contributed by atoms with Gasteiger partial charge in [-0.15, -0.1) is 0 Å². The van der Waals surface area contributed by atoms with E-state index in [9.17, 15) is 9.59 Å². The number of aromatic amines is 1. The zero-order valence-corrected chi connectivity index (χ0v) is 17.0. The van der Waals surface area contributed by atoms with Gasteiger partial charge in [-0.3, -0.25) is 14.0 Å². The zero-order valence-electron chi connectivity index (χ0n) is 14.6. The van der Waals surface area contributed by atoms with Crippen LogP contribution in [0.4, 0.5) is 0 Å². The lowest BCUT2D eigenvalue weighted by Crippen LogP contribution is -2.23. The number of methoxy groups -OCH3 is 1. The van der Waals surface area contributed by atoms with E-state index in [1.807, 2.05) is 24.3 Å². The van der Waals surface area contributed by atoms with Gasteiger partial charge in [0.15, 0.2) is 3.95 Å². The number of aromatic nitrogens is 2. The number of benzene rings is 2. The molecule has 0 unspecified atom stereocenters. The molecule has 9 heteroatoms. The fourth-order valence-corrected chi connectivity index (χ4v) is 4.44. The lowest BCUT2D eigenvalue weighted by atomic mass is 10.2. The predicted octanol–water partition coefficient (Wildman–Crippen LogP) is 4.16. The average molecular weight is 432 g/mol. The number of thiazole rings is 1. The Morgan fingerprint density at radius 2 is 2.14 bits per heavy atom. The van der Waals surface area contributed by atoms with Gasteiger partial charge < -0.3 is 15.0 Å². The molecule has 0 fully saturated rings. The summed E-state index contributed by atoms with van der Waals surface area (Å²) in [5, 5.41) is 3.73. The molecule has 0 aliphatic carbocycles. The van der Waals surface area contributed by atoms with Crippen molar-refractivity contribution in [3.63, 3.8) is 0 Å². The highest BCUT2D eigenvalue weighted by Crippen LogP contribution is 2.24. The van der Waals surface area contributed by atoms with Gasteiger partial charge in [-0.1, -0.05) is 35.1 Å². The van der Waals surface area contributed by atoms with Crippen LogP contribution < -0.4 is 15.6 Å². The Morgan fingerprint density at radius 1 is 1.32 bits per heavy atom. The number of hydrogen-bond donors (Lipinski definition) is 2. The Bertz CT molecular complexity index is 1340. The maximum Gasteiger partial charge on any atom is 0.265 e. The monoisotopic (exact) mass is 431 g/mol.